The van der Waals surface area contributed by atoms with Gasteiger partial charge in [0, 0.05) is 40.8 Å². The van der Waals surface area contributed by atoms with Crippen LogP contribution in [0.25, 0.3) is 0 Å². The van der Waals surface area contributed by atoms with E-state index in [1.54, 1.807) is 0 Å². The van der Waals surface area contributed by atoms with Crippen molar-refractivity contribution in [2.75, 3.05) is 38.8 Å². The average molecular weight is 254 g/mol. The lowest BCUT2D eigenvalue weighted by Gasteiger charge is -2.13. The Morgan fingerprint density at radius 3 is 2.72 bits per heavy atom. The van der Waals surface area contributed by atoms with Gasteiger partial charge in [0.15, 0.2) is 0 Å². The maximum Gasteiger partial charge on any atom is 0.204 e. The van der Waals surface area contributed by atoms with Crippen LogP contribution in [0.5, 0.6) is 0 Å². The first-order valence-corrected chi connectivity index (χ1v) is 6.48. The Morgan fingerprint density at radius 1 is 1.44 bits per heavy atom. The average Bonchev–Trinajstić information content (AvgIpc) is 2.65. The van der Waals surface area contributed by atoms with E-state index in [0.717, 1.165) is 32.3 Å². The first-order valence-electron chi connectivity index (χ1n) is 6.48. The summed E-state index contributed by atoms with van der Waals surface area (Å²) in [6.07, 6.45) is 1.91. The van der Waals surface area contributed by atoms with Gasteiger partial charge in [-0.2, -0.15) is 0 Å². The van der Waals surface area contributed by atoms with Gasteiger partial charge in [0.1, 0.15) is 0 Å². The molecule has 0 radical (unpaired) electrons. The summed E-state index contributed by atoms with van der Waals surface area (Å²) in [5.74, 6) is 1.58. The number of anilines is 1. The molecule has 1 heterocycles. The van der Waals surface area contributed by atoms with Crippen LogP contribution in [0.4, 0.5) is 5.95 Å². The van der Waals surface area contributed by atoms with E-state index in [1.165, 1.54) is 5.69 Å². The molecule has 0 saturated carbocycles. The summed E-state index contributed by atoms with van der Waals surface area (Å²) < 4.78 is 7.61. The minimum Gasteiger partial charge on any atom is -0.380 e. The Morgan fingerprint density at radius 2 is 2.17 bits per heavy atom. The number of rotatable bonds is 8. The molecule has 5 heteroatoms. The van der Waals surface area contributed by atoms with Crippen LogP contribution in [0.15, 0.2) is 6.20 Å². The van der Waals surface area contributed by atoms with Crippen molar-refractivity contribution in [1.29, 1.82) is 0 Å². The van der Waals surface area contributed by atoms with Crippen LogP contribution in [0, 0.1) is 5.92 Å². The zero-order valence-electron chi connectivity index (χ0n) is 12.2. The van der Waals surface area contributed by atoms with Crippen LogP contribution >= 0.6 is 0 Å². The number of hydrogen-bond donors (Lipinski definition) is 1. The third kappa shape index (κ3) is 4.66. The van der Waals surface area contributed by atoms with Gasteiger partial charge in [-0.3, -0.25) is 0 Å². The molecule has 0 unspecified atom stereocenters. The standard InChI is InChI=1S/C13H26N4O/c1-11(2)10-18-7-6-14-8-12-9-15-13(16(3)4)17(12)5/h9,11,14H,6-8,10H2,1-5H3. The molecule has 18 heavy (non-hydrogen) atoms. The fraction of sp³-hybridized carbons (Fsp3) is 0.769. The first kappa shape index (κ1) is 15.0. The fourth-order valence-electron chi connectivity index (χ4n) is 1.69. The van der Waals surface area contributed by atoms with E-state index in [2.05, 4.69) is 28.7 Å². The van der Waals surface area contributed by atoms with Crippen LogP contribution in [-0.4, -0.2) is 43.4 Å². The minimum absolute atomic E-state index is 0.602. The normalized spacial score (nSPS) is 11.2. The van der Waals surface area contributed by atoms with E-state index < -0.39 is 0 Å². The van der Waals surface area contributed by atoms with E-state index in [1.807, 2.05) is 32.2 Å². The lowest BCUT2D eigenvalue weighted by molar-refractivity contribution is 0.111. The van der Waals surface area contributed by atoms with E-state index in [9.17, 15) is 0 Å². The molecular formula is C13H26N4O. The largest absolute Gasteiger partial charge is 0.380 e. The predicted octanol–water partition coefficient (Wildman–Crippen LogP) is 1.25. The lowest BCUT2D eigenvalue weighted by atomic mass is 10.2. The van der Waals surface area contributed by atoms with Gasteiger partial charge in [-0.05, 0) is 5.92 Å². The molecule has 0 amide bonds. The summed E-state index contributed by atoms with van der Waals surface area (Å²) in [5.41, 5.74) is 1.18. The second kappa shape index (κ2) is 7.38. The summed E-state index contributed by atoms with van der Waals surface area (Å²) in [6, 6.07) is 0. The van der Waals surface area contributed by atoms with Gasteiger partial charge in [0.2, 0.25) is 5.95 Å². The highest BCUT2D eigenvalue weighted by Gasteiger charge is 2.06. The van der Waals surface area contributed by atoms with Crippen LogP contribution < -0.4 is 10.2 Å². The van der Waals surface area contributed by atoms with Crippen molar-refractivity contribution in [2.45, 2.75) is 20.4 Å². The van der Waals surface area contributed by atoms with Crippen molar-refractivity contribution in [3.05, 3.63) is 11.9 Å². The zero-order chi connectivity index (χ0) is 13.5. The second-order valence-corrected chi connectivity index (χ2v) is 5.15. The molecule has 0 saturated heterocycles. The Bertz CT molecular complexity index is 347. The molecule has 104 valence electrons. The van der Waals surface area contributed by atoms with E-state index in [4.69, 9.17) is 4.74 Å². The van der Waals surface area contributed by atoms with Crippen molar-refractivity contribution >= 4 is 5.95 Å². The summed E-state index contributed by atoms with van der Waals surface area (Å²) >= 11 is 0. The molecule has 1 aromatic heterocycles. The molecule has 1 aromatic rings. The summed E-state index contributed by atoms with van der Waals surface area (Å²) in [6.45, 7) is 7.60. The number of nitrogens with zero attached hydrogens (tertiary/aromatic N) is 3. The van der Waals surface area contributed by atoms with Gasteiger partial charge in [-0.1, -0.05) is 13.8 Å². The van der Waals surface area contributed by atoms with Gasteiger partial charge >= 0.3 is 0 Å². The number of hydrogen-bond acceptors (Lipinski definition) is 4. The second-order valence-electron chi connectivity index (χ2n) is 5.15. The van der Waals surface area contributed by atoms with Gasteiger partial charge in [0.05, 0.1) is 18.5 Å². The van der Waals surface area contributed by atoms with Crippen molar-refractivity contribution < 1.29 is 4.74 Å². The SMILES string of the molecule is CC(C)COCCNCc1cnc(N(C)C)n1C. The highest BCUT2D eigenvalue weighted by atomic mass is 16.5. The van der Waals surface area contributed by atoms with Gasteiger partial charge in [-0.15, -0.1) is 0 Å². The highest BCUT2D eigenvalue weighted by Crippen LogP contribution is 2.10. The van der Waals surface area contributed by atoms with E-state index >= 15 is 0 Å². The van der Waals surface area contributed by atoms with Crippen LogP contribution in [0.1, 0.15) is 19.5 Å². The fourth-order valence-corrected chi connectivity index (χ4v) is 1.69. The molecule has 0 aliphatic rings. The molecule has 0 aliphatic carbocycles. The third-order valence-corrected chi connectivity index (χ3v) is 2.64. The molecule has 0 atom stereocenters. The lowest BCUT2D eigenvalue weighted by Crippen LogP contribution is -2.22. The Kier molecular flexibility index (Phi) is 6.15. The topological polar surface area (TPSA) is 42.3 Å². The quantitative estimate of drug-likeness (QED) is 0.709. The number of aromatic nitrogens is 2. The summed E-state index contributed by atoms with van der Waals surface area (Å²) in [4.78, 5) is 6.38. The molecule has 0 bridgehead atoms. The van der Waals surface area contributed by atoms with Crippen LogP contribution in [0.2, 0.25) is 0 Å². The zero-order valence-corrected chi connectivity index (χ0v) is 12.2. The monoisotopic (exact) mass is 254 g/mol. The maximum absolute atomic E-state index is 5.51. The van der Waals surface area contributed by atoms with Crippen molar-refractivity contribution in [3.8, 4) is 0 Å². The Labute approximate surface area is 110 Å². The molecule has 0 aromatic carbocycles. The Balaban J connectivity index is 2.23. The number of imidazole rings is 1. The van der Waals surface area contributed by atoms with Crippen LogP contribution in [-0.2, 0) is 18.3 Å². The molecule has 5 nitrogen and oxygen atoms in total. The van der Waals surface area contributed by atoms with Crippen molar-refractivity contribution in [1.82, 2.24) is 14.9 Å². The molecular weight excluding hydrogens is 228 g/mol. The third-order valence-electron chi connectivity index (χ3n) is 2.64. The number of ether oxygens (including phenoxy) is 1. The smallest absolute Gasteiger partial charge is 0.204 e. The van der Waals surface area contributed by atoms with Crippen molar-refractivity contribution in [2.24, 2.45) is 13.0 Å². The Hall–Kier alpha value is -1.07. The van der Waals surface area contributed by atoms with Gasteiger partial charge < -0.3 is 19.5 Å². The van der Waals surface area contributed by atoms with E-state index in [0.29, 0.717) is 5.92 Å². The van der Waals surface area contributed by atoms with E-state index in [-0.39, 0.29) is 0 Å². The first-order chi connectivity index (χ1) is 8.52. The summed E-state index contributed by atoms with van der Waals surface area (Å²) in [5, 5.41) is 3.36. The predicted molar refractivity (Wildman–Crippen MR) is 74.9 cm³/mol. The maximum atomic E-state index is 5.51. The minimum atomic E-state index is 0.602. The highest BCUT2D eigenvalue weighted by molar-refractivity contribution is 5.30. The van der Waals surface area contributed by atoms with Gasteiger partial charge in [-0.25, -0.2) is 4.98 Å². The molecule has 0 fully saturated rings. The van der Waals surface area contributed by atoms with Crippen molar-refractivity contribution in [3.63, 3.8) is 0 Å². The summed E-state index contributed by atoms with van der Waals surface area (Å²) in [7, 11) is 6.03. The van der Waals surface area contributed by atoms with Gasteiger partial charge in [0.25, 0.3) is 0 Å². The molecule has 1 rings (SSSR count). The molecule has 0 spiro atoms. The molecule has 1 N–H and O–H groups in total. The van der Waals surface area contributed by atoms with Crippen LogP contribution in [0.3, 0.4) is 0 Å². The number of nitrogens with one attached hydrogen (secondary N) is 1. The molecule has 0 aliphatic heterocycles.